The molecule has 5 nitrogen and oxygen atoms in total. The van der Waals surface area contributed by atoms with Crippen LogP contribution in [0.2, 0.25) is 0 Å². The van der Waals surface area contributed by atoms with Gasteiger partial charge in [-0.2, -0.15) is 0 Å². The summed E-state index contributed by atoms with van der Waals surface area (Å²) < 4.78 is 24.0. The molecule has 0 aliphatic rings. The van der Waals surface area contributed by atoms with Crippen molar-refractivity contribution in [2.24, 2.45) is 0 Å². The fourth-order valence-electron chi connectivity index (χ4n) is 2.07. The molecule has 0 saturated heterocycles. The maximum absolute atomic E-state index is 12.8. The van der Waals surface area contributed by atoms with Gasteiger partial charge in [0.25, 0.3) is 0 Å². The highest BCUT2D eigenvalue weighted by Gasteiger charge is 2.32. The number of phenols is 2. The largest absolute Gasteiger partial charge is 0.507 e. The molecule has 2 aromatic carbocycles. The predicted octanol–water partition coefficient (Wildman–Crippen LogP) is 3.90. The van der Waals surface area contributed by atoms with E-state index in [-0.39, 0.29) is 30.0 Å². The Morgan fingerprint density at radius 2 is 1.71 bits per heavy atom. The summed E-state index contributed by atoms with van der Waals surface area (Å²) >= 11 is 3.30. The number of fused-ring (bicyclic) bond motifs is 1. The van der Waals surface area contributed by atoms with E-state index < -0.39 is 7.60 Å². The monoisotopic (exact) mass is 374 g/mol. The molecule has 0 aromatic heterocycles. The Bertz CT molecular complexity index is 706. The zero-order valence-electron chi connectivity index (χ0n) is 11.7. The molecule has 2 aromatic rings. The summed E-state index contributed by atoms with van der Waals surface area (Å²) in [5.74, 6) is -0.306. The van der Waals surface area contributed by atoms with Gasteiger partial charge in [-0.3, -0.25) is 4.57 Å². The van der Waals surface area contributed by atoms with Crippen molar-refractivity contribution in [1.82, 2.24) is 0 Å². The van der Waals surface area contributed by atoms with Crippen LogP contribution in [0.3, 0.4) is 0 Å². The van der Waals surface area contributed by atoms with Gasteiger partial charge in [-0.15, -0.1) is 0 Å². The quantitative estimate of drug-likeness (QED) is 0.612. The first-order chi connectivity index (χ1) is 9.92. The van der Waals surface area contributed by atoms with E-state index >= 15 is 0 Å². The summed E-state index contributed by atoms with van der Waals surface area (Å²) in [7, 11) is -3.67. The van der Waals surface area contributed by atoms with Crippen molar-refractivity contribution in [1.29, 1.82) is 0 Å². The zero-order valence-corrected chi connectivity index (χ0v) is 14.1. The molecule has 0 bridgehead atoms. The molecule has 7 heteroatoms. The van der Waals surface area contributed by atoms with Crippen LogP contribution in [0.1, 0.15) is 13.8 Å². The van der Waals surface area contributed by atoms with Crippen molar-refractivity contribution in [3.8, 4) is 11.5 Å². The molecule has 0 amide bonds. The molecule has 0 saturated carbocycles. The van der Waals surface area contributed by atoms with Gasteiger partial charge in [0.15, 0.2) is 0 Å². The molecule has 114 valence electrons. The summed E-state index contributed by atoms with van der Waals surface area (Å²) in [5.41, 5.74) is 0. The number of rotatable bonds is 5. The van der Waals surface area contributed by atoms with E-state index in [1.54, 1.807) is 32.0 Å². The second kappa shape index (κ2) is 6.36. The normalized spacial score (nSPS) is 12.0. The van der Waals surface area contributed by atoms with Gasteiger partial charge in [0.2, 0.25) is 0 Å². The van der Waals surface area contributed by atoms with Crippen molar-refractivity contribution in [2.75, 3.05) is 13.2 Å². The first kappa shape index (κ1) is 16.3. The predicted molar refractivity (Wildman–Crippen MR) is 85.5 cm³/mol. The topological polar surface area (TPSA) is 76.0 Å². The highest BCUT2D eigenvalue weighted by Crippen LogP contribution is 2.51. The van der Waals surface area contributed by atoms with Crippen molar-refractivity contribution >= 4 is 39.6 Å². The van der Waals surface area contributed by atoms with Gasteiger partial charge in [0, 0.05) is 15.2 Å². The van der Waals surface area contributed by atoms with Gasteiger partial charge >= 0.3 is 7.60 Å². The number of halogens is 1. The van der Waals surface area contributed by atoms with Gasteiger partial charge in [0.05, 0.1) is 13.2 Å². The van der Waals surface area contributed by atoms with E-state index in [0.29, 0.717) is 10.8 Å². The van der Waals surface area contributed by atoms with Crippen LogP contribution in [0.15, 0.2) is 28.7 Å². The Morgan fingerprint density at radius 3 is 2.29 bits per heavy atom. The van der Waals surface area contributed by atoms with Crippen LogP contribution in [0.4, 0.5) is 0 Å². The zero-order chi connectivity index (χ0) is 15.6. The first-order valence-electron chi connectivity index (χ1n) is 6.46. The average molecular weight is 375 g/mol. The lowest BCUT2D eigenvalue weighted by Crippen LogP contribution is -2.11. The number of benzene rings is 2. The molecular weight excluding hydrogens is 359 g/mol. The van der Waals surface area contributed by atoms with Crippen LogP contribution < -0.4 is 5.30 Å². The summed E-state index contributed by atoms with van der Waals surface area (Å²) in [6.07, 6.45) is 0. The lowest BCUT2D eigenvalue weighted by Gasteiger charge is -2.19. The number of hydrogen-bond donors (Lipinski definition) is 2. The molecule has 21 heavy (non-hydrogen) atoms. The van der Waals surface area contributed by atoms with Gasteiger partial charge < -0.3 is 19.3 Å². The van der Waals surface area contributed by atoms with Crippen molar-refractivity contribution in [2.45, 2.75) is 13.8 Å². The molecule has 2 rings (SSSR count). The van der Waals surface area contributed by atoms with Crippen LogP contribution in [0, 0.1) is 0 Å². The maximum Gasteiger partial charge on any atom is 0.365 e. The Labute approximate surface area is 131 Å². The molecule has 0 spiro atoms. The summed E-state index contributed by atoms with van der Waals surface area (Å²) in [4.78, 5) is 0. The third-order valence-corrected chi connectivity index (χ3v) is 5.54. The van der Waals surface area contributed by atoms with E-state index in [1.165, 1.54) is 6.07 Å². The van der Waals surface area contributed by atoms with Crippen LogP contribution in [0.25, 0.3) is 10.8 Å². The van der Waals surface area contributed by atoms with Crippen molar-refractivity contribution in [3.63, 3.8) is 0 Å². The van der Waals surface area contributed by atoms with Gasteiger partial charge in [-0.1, -0.05) is 15.9 Å². The second-order valence-electron chi connectivity index (χ2n) is 4.29. The highest BCUT2D eigenvalue weighted by molar-refractivity contribution is 9.10. The number of aromatic hydroxyl groups is 2. The SMILES string of the molecule is CCOP(=O)(OCC)c1cc(O)c2cc(Br)ccc2c1O. The fraction of sp³-hybridized carbons (Fsp3) is 0.286. The molecule has 0 radical (unpaired) electrons. The highest BCUT2D eigenvalue weighted by atomic mass is 79.9. The first-order valence-corrected chi connectivity index (χ1v) is 8.80. The molecule has 0 heterocycles. The summed E-state index contributed by atoms with van der Waals surface area (Å²) in [6.45, 7) is 3.69. The van der Waals surface area contributed by atoms with Gasteiger partial charge in [-0.25, -0.2) is 0 Å². The maximum atomic E-state index is 12.8. The van der Waals surface area contributed by atoms with Gasteiger partial charge in [0.1, 0.15) is 16.8 Å². The third kappa shape index (κ3) is 3.09. The third-order valence-electron chi connectivity index (χ3n) is 2.92. The van der Waals surface area contributed by atoms with E-state index in [2.05, 4.69) is 15.9 Å². The lowest BCUT2D eigenvalue weighted by atomic mass is 10.1. The Morgan fingerprint density at radius 1 is 1.10 bits per heavy atom. The minimum absolute atomic E-state index is 0.0291. The second-order valence-corrected chi connectivity index (χ2v) is 7.20. The van der Waals surface area contributed by atoms with E-state index in [0.717, 1.165) is 4.47 Å². The number of phenolic OH excluding ortho intramolecular Hbond substituents is 2. The molecule has 0 fully saturated rings. The lowest BCUT2D eigenvalue weighted by molar-refractivity contribution is 0.229. The molecular formula is C14H16BrO5P. The number of hydrogen-bond acceptors (Lipinski definition) is 5. The molecule has 0 aliphatic carbocycles. The van der Waals surface area contributed by atoms with E-state index in [4.69, 9.17) is 9.05 Å². The summed E-state index contributed by atoms with van der Waals surface area (Å²) in [5, 5.41) is 21.3. The average Bonchev–Trinajstić information content (AvgIpc) is 2.43. The van der Waals surface area contributed by atoms with Crippen molar-refractivity contribution in [3.05, 3.63) is 28.7 Å². The van der Waals surface area contributed by atoms with Crippen LogP contribution in [-0.2, 0) is 13.6 Å². The Kier molecular flexibility index (Phi) is 4.94. The molecule has 2 N–H and O–H groups in total. The van der Waals surface area contributed by atoms with Gasteiger partial charge in [-0.05, 0) is 38.1 Å². The van der Waals surface area contributed by atoms with Crippen LogP contribution in [-0.4, -0.2) is 23.4 Å². The molecule has 0 unspecified atom stereocenters. The summed E-state index contributed by atoms with van der Waals surface area (Å²) in [6, 6.07) is 6.24. The minimum Gasteiger partial charge on any atom is -0.507 e. The van der Waals surface area contributed by atoms with Crippen LogP contribution in [0.5, 0.6) is 11.5 Å². The van der Waals surface area contributed by atoms with Crippen molar-refractivity contribution < 1.29 is 23.8 Å². The van der Waals surface area contributed by atoms with E-state index in [1.807, 2.05) is 0 Å². The smallest absolute Gasteiger partial charge is 0.365 e. The Hall–Kier alpha value is -1.07. The standard InChI is InChI=1S/C14H16BrO5P/c1-3-19-21(18,20-4-2)13-8-12(16)11-7-9(15)5-6-10(11)14(13)17/h5-8,16-17H,3-4H2,1-2H3. The molecule has 0 atom stereocenters. The van der Waals surface area contributed by atoms with Crippen LogP contribution >= 0.6 is 23.5 Å². The van der Waals surface area contributed by atoms with E-state index in [9.17, 15) is 14.8 Å². The molecule has 0 aliphatic heterocycles. The minimum atomic E-state index is -3.67. The Balaban J connectivity index is 2.72. The fourth-order valence-corrected chi connectivity index (χ4v) is 4.13.